The van der Waals surface area contributed by atoms with Crippen molar-refractivity contribution in [3.63, 3.8) is 0 Å². The first-order valence-corrected chi connectivity index (χ1v) is 5.60. The SMILES string of the molecule is NCc1csc(CC2CCNC2)n1. The fourth-order valence-corrected chi connectivity index (χ4v) is 2.59. The maximum Gasteiger partial charge on any atom is 0.0932 e. The summed E-state index contributed by atoms with van der Waals surface area (Å²) in [6.45, 7) is 2.89. The van der Waals surface area contributed by atoms with Crippen LogP contribution in [0.2, 0.25) is 0 Å². The summed E-state index contributed by atoms with van der Waals surface area (Å²) in [4.78, 5) is 4.46. The van der Waals surface area contributed by atoms with Crippen LogP contribution in [0.1, 0.15) is 17.1 Å². The van der Waals surface area contributed by atoms with E-state index in [4.69, 9.17) is 5.73 Å². The van der Waals surface area contributed by atoms with Gasteiger partial charge in [0.05, 0.1) is 10.7 Å². The van der Waals surface area contributed by atoms with E-state index in [0.29, 0.717) is 6.54 Å². The first kappa shape index (κ1) is 9.12. The van der Waals surface area contributed by atoms with Gasteiger partial charge in [0.1, 0.15) is 0 Å². The molecule has 0 spiro atoms. The van der Waals surface area contributed by atoms with Crippen molar-refractivity contribution in [3.05, 3.63) is 16.1 Å². The zero-order valence-corrected chi connectivity index (χ0v) is 8.44. The van der Waals surface area contributed by atoms with Gasteiger partial charge in [-0.2, -0.15) is 0 Å². The van der Waals surface area contributed by atoms with Crippen molar-refractivity contribution < 1.29 is 0 Å². The van der Waals surface area contributed by atoms with Crippen LogP contribution in [-0.2, 0) is 13.0 Å². The Labute approximate surface area is 82.4 Å². The molecule has 1 aliphatic rings. The summed E-state index contributed by atoms with van der Waals surface area (Å²) >= 11 is 1.74. The van der Waals surface area contributed by atoms with Crippen molar-refractivity contribution >= 4 is 11.3 Å². The molecule has 0 aromatic carbocycles. The smallest absolute Gasteiger partial charge is 0.0932 e. The molecule has 1 aromatic rings. The summed E-state index contributed by atoms with van der Waals surface area (Å²) in [5.74, 6) is 0.789. The average molecular weight is 197 g/mol. The van der Waals surface area contributed by atoms with Crippen LogP contribution in [-0.4, -0.2) is 18.1 Å². The zero-order valence-electron chi connectivity index (χ0n) is 7.62. The standard InChI is InChI=1S/C9H15N3S/c10-4-8-6-13-9(12-8)3-7-1-2-11-5-7/h6-7,11H,1-5,10H2. The fraction of sp³-hybridized carbons (Fsp3) is 0.667. The third kappa shape index (κ3) is 2.27. The van der Waals surface area contributed by atoms with Gasteiger partial charge in [-0.1, -0.05) is 0 Å². The Morgan fingerprint density at radius 2 is 2.62 bits per heavy atom. The molecule has 2 rings (SSSR count). The molecule has 3 nitrogen and oxygen atoms in total. The van der Waals surface area contributed by atoms with Crippen molar-refractivity contribution in [2.75, 3.05) is 13.1 Å². The first-order chi connectivity index (χ1) is 6.38. The molecular formula is C9H15N3S. The molecule has 13 heavy (non-hydrogen) atoms. The maximum absolute atomic E-state index is 5.50. The van der Waals surface area contributed by atoms with Crippen molar-refractivity contribution in [3.8, 4) is 0 Å². The molecular weight excluding hydrogens is 182 g/mol. The molecule has 0 bridgehead atoms. The van der Waals surface area contributed by atoms with Gasteiger partial charge >= 0.3 is 0 Å². The minimum Gasteiger partial charge on any atom is -0.325 e. The molecule has 0 saturated carbocycles. The van der Waals surface area contributed by atoms with Crippen molar-refractivity contribution in [1.82, 2.24) is 10.3 Å². The van der Waals surface area contributed by atoms with Crippen molar-refractivity contribution in [1.29, 1.82) is 0 Å². The number of thiazole rings is 1. The molecule has 2 heterocycles. The highest BCUT2D eigenvalue weighted by molar-refractivity contribution is 7.09. The number of nitrogens with two attached hydrogens (primary N) is 1. The number of rotatable bonds is 3. The summed E-state index contributed by atoms with van der Waals surface area (Å²) < 4.78 is 0. The van der Waals surface area contributed by atoms with E-state index < -0.39 is 0 Å². The molecule has 1 saturated heterocycles. The predicted octanol–water partition coefficient (Wildman–Crippen LogP) is 0.754. The Kier molecular flexibility index (Phi) is 2.93. The summed E-state index contributed by atoms with van der Waals surface area (Å²) in [5.41, 5.74) is 6.54. The number of hydrogen-bond donors (Lipinski definition) is 2. The van der Waals surface area contributed by atoms with E-state index in [-0.39, 0.29) is 0 Å². The number of nitrogens with one attached hydrogen (secondary N) is 1. The summed E-state index contributed by atoms with van der Waals surface area (Å²) in [6.07, 6.45) is 2.41. The topological polar surface area (TPSA) is 50.9 Å². The second kappa shape index (κ2) is 4.17. The van der Waals surface area contributed by atoms with Crippen LogP contribution in [0.5, 0.6) is 0 Å². The fourth-order valence-electron chi connectivity index (χ4n) is 1.67. The van der Waals surface area contributed by atoms with E-state index in [1.165, 1.54) is 18.0 Å². The van der Waals surface area contributed by atoms with Gasteiger partial charge in [0.2, 0.25) is 0 Å². The molecule has 72 valence electrons. The maximum atomic E-state index is 5.50. The first-order valence-electron chi connectivity index (χ1n) is 4.72. The van der Waals surface area contributed by atoms with Crippen LogP contribution in [0, 0.1) is 5.92 Å². The van der Waals surface area contributed by atoms with E-state index in [9.17, 15) is 0 Å². The van der Waals surface area contributed by atoms with Crippen LogP contribution in [0.25, 0.3) is 0 Å². The normalized spacial score (nSPS) is 22.4. The molecule has 0 radical (unpaired) electrons. The van der Waals surface area contributed by atoms with Crippen LogP contribution in [0.3, 0.4) is 0 Å². The van der Waals surface area contributed by atoms with Gasteiger partial charge < -0.3 is 11.1 Å². The second-order valence-corrected chi connectivity index (χ2v) is 4.44. The summed E-state index contributed by atoms with van der Waals surface area (Å²) in [5, 5.41) is 6.68. The molecule has 4 heteroatoms. The minimum atomic E-state index is 0.569. The largest absolute Gasteiger partial charge is 0.325 e. The van der Waals surface area contributed by atoms with Crippen molar-refractivity contribution in [2.45, 2.75) is 19.4 Å². The summed E-state index contributed by atoms with van der Waals surface area (Å²) in [6, 6.07) is 0. The Morgan fingerprint density at radius 3 is 3.23 bits per heavy atom. The van der Waals surface area contributed by atoms with Gasteiger partial charge in [0.25, 0.3) is 0 Å². The lowest BCUT2D eigenvalue weighted by Gasteiger charge is -2.03. The van der Waals surface area contributed by atoms with E-state index in [2.05, 4.69) is 15.7 Å². The van der Waals surface area contributed by atoms with Gasteiger partial charge in [-0.05, 0) is 25.4 Å². The lowest BCUT2D eigenvalue weighted by molar-refractivity contribution is 0.577. The predicted molar refractivity (Wildman–Crippen MR) is 54.7 cm³/mol. The highest BCUT2D eigenvalue weighted by Gasteiger charge is 2.16. The Hall–Kier alpha value is -0.450. The van der Waals surface area contributed by atoms with E-state index in [1.807, 2.05) is 0 Å². The monoisotopic (exact) mass is 197 g/mol. The van der Waals surface area contributed by atoms with E-state index in [1.54, 1.807) is 11.3 Å². The van der Waals surface area contributed by atoms with Gasteiger partial charge in [-0.3, -0.25) is 0 Å². The number of aromatic nitrogens is 1. The highest BCUT2D eigenvalue weighted by Crippen LogP contribution is 2.18. The highest BCUT2D eigenvalue weighted by atomic mass is 32.1. The van der Waals surface area contributed by atoms with Gasteiger partial charge in [-0.15, -0.1) is 11.3 Å². The minimum absolute atomic E-state index is 0.569. The Bertz CT molecular complexity index is 266. The summed E-state index contributed by atoms with van der Waals surface area (Å²) in [7, 11) is 0. The number of hydrogen-bond acceptors (Lipinski definition) is 4. The number of nitrogens with zero attached hydrogens (tertiary/aromatic N) is 1. The molecule has 0 amide bonds. The van der Waals surface area contributed by atoms with E-state index in [0.717, 1.165) is 24.6 Å². The zero-order chi connectivity index (χ0) is 9.10. The molecule has 3 N–H and O–H groups in total. The van der Waals surface area contributed by atoms with Crippen LogP contribution in [0.4, 0.5) is 0 Å². The van der Waals surface area contributed by atoms with Crippen LogP contribution < -0.4 is 11.1 Å². The lowest BCUT2D eigenvalue weighted by Crippen LogP contribution is -2.10. The molecule has 1 fully saturated rings. The van der Waals surface area contributed by atoms with Crippen LogP contribution >= 0.6 is 11.3 Å². The molecule has 1 atom stereocenters. The van der Waals surface area contributed by atoms with Gasteiger partial charge in [0, 0.05) is 18.3 Å². The quantitative estimate of drug-likeness (QED) is 0.752. The second-order valence-electron chi connectivity index (χ2n) is 3.50. The average Bonchev–Trinajstić information content (AvgIpc) is 2.76. The molecule has 0 aliphatic carbocycles. The third-order valence-electron chi connectivity index (χ3n) is 2.43. The molecule has 1 aliphatic heterocycles. The van der Waals surface area contributed by atoms with Crippen LogP contribution in [0.15, 0.2) is 5.38 Å². The van der Waals surface area contributed by atoms with Gasteiger partial charge in [-0.25, -0.2) is 4.98 Å². The lowest BCUT2D eigenvalue weighted by atomic mass is 10.1. The van der Waals surface area contributed by atoms with E-state index >= 15 is 0 Å². The Balaban J connectivity index is 1.92. The molecule has 1 aromatic heterocycles. The Morgan fingerprint density at radius 1 is 1.69 bits per heavy atom. The third-order valence-corrected chi connectivity index (χ3v) is 3.35. The van der Waals surface area contributed by atoms with Gasteiger partial charge in [0.15, 0.2) is 0 Å². The van der Waals surface area contributed by atoms with Crippen molar-refractivity contribution in [2.24, 2.45) is 11.7 Å². The molecule has 1 unspecified atom stereocenters.